The van der Waals surface area contributed by atoms with Crippen molar-refractivity contribution < 1.29 is 4.74 Å². The Hall–Kier alpha value is -1.28. The third kappa shape index (κ3) is 4.17. The molecule has 0 saturated carbocycles. The molecule has 0 bridgehead atoms. The van der Waals surface area contributed by atoms with Gasteiger partial charge in [-0.25, -0.2) is 0 Å². The van der Waals surface area contributed by atoms with Crippen molar-refractivity contribution in [1.29, 1.82) is 0 Å². The van der Waals surface area contributed by atoms with Crippen LogP contribution in [0.3, 0.4) is 0 Å². The Kier molecular flexibility index (Phi) is 4.91. The van der Waals surface area contributed by atoms with E-state index >= 15 is 0 Å². The minimum Gasteiger partial charge on any atom is -0.489 e. The van der Waals surface area contributed by atoms with E-state index in [0.717, 1.165) is 24.3 Å². The van der Waals surface area contributed by atoms with Crippen molar-refractivity contribution in [3.63, 3.8) is 0 Å². The summed E-state index contributed by atoms with van der Waals surface area (Å²) >= 11 is 0. The first-order valence-electron chi connectivity index (χ1n) is 5.29. The van der Waals surface area contributed by atoms with Crippen LogP contribution >= 0.6 is 0 Å². The Bertz CT molecular complexity index is 303. The van der Waals surface area contributed by atoms with Crippen molar-refractivity contribution in [2.24, 2.45) is 0 Å². The minimum absolute atomic E-state index is 0.613. The summed E-state index contributed by atoms with van der Waals surface area (Å²) in [5, 5.41) is 3.11. The van der Waals surface area contributed by atoms with Gasteiger partial charge in [0.15, 0.2) is 0 Å². The zero-order valence-corrected chi connectivity index (χ0v) is 9.55. The van der Waals surface area contributed by atoms with Crippen molar-refractivity contribution >= 4 is 0 Å². The Labute approximate surface area is 92.0 Å². The molecule has 0 amide bonds. The lowest BCUT2D eigenvalue weighted by molar-refractivity contribution is 0.349. The Morgan fingerprint density at radius 1 is 1.33 bits per heavy atom. The van der Waals surface area contributed by atoms with Gasteiger partial charge in [-0.3, -0.25) is 0 Å². The van der Waals surface area contributed by atoms with E-state index in [-0.39, 0.29) is 0 Å². The van der Waals surface area contributed by atoms with Crippen LogP contribution in [0.4, 0.5) is 0 Å². The van der Waals surface area contributed by atoms with Gasteiger partial charge in [-0.15, -0.1) is 0 Å². The second kappa shape index (κ2) is 6.25. The first-order chi connectivity index (χ1) is 7.26. The average Bonchev–Trinajstić information content (AvgIpc) is 2.28. The zero-order chi connectivity index (χ0) is 11.1. The van der Waals surface area contributed by atoms with E-state index in [1.165, 1.54) is 5.56 Å². The van der Waals surface area contributed by atoms with Crippen LogP contribution in [0.15, 0.2) is 36.4 Å². The highest BCUT2D eigenvalue weighted by atomic mass is 16.5. The monoisotopic (exact) mass is 205 g/mol. The lowest BCUT2D eigenvalue weighted by atomic mass is 10.2. The SMILES string of the molecule is C=C(CC)COc1ccc(CNC)cc1. The van der Waals surface area contributed by atoms with Gasteiger partial charge in [0, 0.05) is 6.54 Å². The largest absolute Gasteiger partial charge is 0.489 e. The normalized spacial score (nSPS) is 10.0. The minimum atomic E-state index is 0.613. The fourth-order valence-corrected chi connectivity index (χ4v) is 1.20. The molecule has 0 atom stereocenters. The second-order valence-corrected chi connectivity index (χ2v) is 3.57. The summed E-state index contributed by atoms with van der Waals surface area (Å²) in [6, 6.07) is 8.13. The molecule has 1 aromatic rings. The van der Waals surface area contributed by atoms with Crippen molar-refractivity contribution in [3.8, 4) is 5.75 Å². The smallest absolute Gasteiger partial charge is 0.119 e. The third-order valence-electron chi connectivity index (χ3n) is 2.25. The van der Waals surface area contributed by atoms with Crippen LogP contribution in [-0.2, 0) is 6.54 Å². The van der Waals surface area contributed by atoms with Crippen LogP contribution in [0.1, 0.15) is 18.9 Å². The van der Waals surface area contributed by atoms with Crippen LogP contribution in [-0.4, -0.2) is 13.7 Å². The predicted molar refractivity (Wildman–Crippen MR) is 64.1 cm³/mol. The molecule has 0 aliphatic heterocycles. The number of benzene rings is 1. The number of nitrogens with one attached hydrogen (secondary N) is 1. The van der Waals surface area contributed by atoms with E-state index < -0.39 is 0 Å². The summed E-state index contributed by atoms with van der Waals surface area (Å²) in [6.07, 6.45) is 0.970. The highest BCUT2D eigenvalue weighted by Crippen LogP contribution is 2.13. The van der Waals surface area contributed by atoms with Crippen LogP contribution < -0.4 is 10.1 Å². The molecular weight excluding hydrogens is 186 g/mol. The molecule has 0 heterocycles. The fraction of sp³-hybridized carbons (Fsp3) is 0.385. The molecule has 0 aliphatic carbocycles. The first kappa shape index (κ1) is 11.8. The van der Waals surface area contributed by atoms with Gasteiger partial charge >= 0.3 is 0 Å². The quantitative estimate of drug-likeness (QED) is 0.721. The summed E-state index contributed by atoms with van der Waals surface area (Å²) in [7, 11) is 1.94. The summed E-state index contributed by atoms with van der Waals surface area (Å²) in [5.41, 5.74) is 2.38. The highest BCUT2D eigenvalue weighted by Gasteiger charge is 1.96. The van der Waals surface area contributed by atoms with Crippen molar-refractivity contribution in [2.45, 2.75) is 19.9 Å². The van der Waals surface area contributed by atoms with E-state index in [9.17, 15) is 0 Å². The molecule has 15 heavy (non-hydrogen) atoms. The van der Waals surface area contributed by atoms with Gasteiger partial charge in [0.25, 0.3) is 0 Å². The molecule has 0 aromatic heterocycles. The molecule has 2 nitrogen and oxygen atoms in total. The number of hydrogen-bond donors (Lipinski definition) is 1. The van der Waals surface area contributed by atoms with Crippen molar-refractivity contribution in [2.75, 3.05) is 13.7 Å². The molecule has 2 heteroatoms. The molecule has 0 fully saturated rings. The summed E-state index contributed by atoms with van der Waals surface area (Å²) in [5.74, 6) is 0.907. The summed E-state index contributed by atoms with van der Waals surface area (Å²) in [4.78, 5) is 0. The Balaban J connectivity index is 2.45. The van der Waals surface area contributed by atoms with Gasteiger partial charge < -0.3 is 10.1 Å². The maximum Gasteiger partial charge on any atom is 0.119 e. The highest BCUT2D eigenvalue weighted by molar-refractivity contribution is 5.27. The molecule has 82 valence electrons. The van der Waals surface area contributed by atoms with Gasteiger partial charge in [-0.1, -0.05) is 25.6 Å². The van der Waals surface area contributed by atoms with E-state index in [2.05, 4.69) is 31.0 Å². The molecule has 0 saturated heterocycles. The van der Waals surface area contributed by atoms with Crippen molar-refractivity contribution in [1.82, 2.24) is 5.32 Å². The van der Waals surface area contributed by atoms with Gasteiger partial charge in [-0.2, -0.15) is 0 Å². The van der Waals surface area contributed by atoms with Gasteiger partial charge in [0.2, 0.25) is 0 Å². The molecular formula is C13H19NO. The Morgan fingerprint density at radius 3 is 2.53 bits per heavy atom. The maximum atomic E-state index is 5.57. The summed E-state index contributed by atoms with van der Waals surface area (Å²) in [6.45, 7) is 7.49. The average molecular weight is 205 g/mol. The Morgan fingerprint density at radius 2 is 2.00 bits per heavy atom. The standard InChI is InChI=1S/C13H19NO/c1-4-11(2)10-15-13-7-5-12(6-8-13)9-14-3/h5-8,14H,2,4,9-10H2,1,3H3. The van der Waals surface area contributed by atoms with Crippen molar-refractivity contribution in [3.05, 3.63) is 42.0 Å². The van der Waals surface area contributed by atoms with E-state index in [1.54, 1.807) is 0 Å². The van der Waals surface area contributed by atoms with Crippen LogP contribution in [0.5, 0.6) is 5.75 Å². The lowest BCUT2D eigenvalue weighted by Crippen LogP contribution is -2.05. The number of ether oxygens (including phenoxy) is 1. The molecule has 1 aromatic carbocycles. The predicted octanol–water partition coefficient (Wildman–Crippen LogP) is 2.75. The lowest BCUT2D eigenvalue weighted by Gasteiger charge is -2.07. The number of rotatable bonds is 6. The zero-order valence-electron chi connectivity index (χ0n) is 9.55. The molecule has 1 N–H and O–H groups in total. The molecule has 1 rings (SSSR count). The topological polar surface area (TPSA) is 21.3 Å². The number of hydrogen-bond acceptors (Lipinski definition) is 2. The van der Waals surface area contributed by atoms with E-state index in [0.29, 0.717) is 6.61 Å². The van der Waals surface area contributed by atoms with E-state index in [1.807, 2.05) is 19.2 Å². The maximum absolute atomic E-state index is 5.57. The van der Waals surface area contributed by atoms with Crippen LogP contribution in [0, 0.1) is 0 Å². The summed E-state index contributed by atoms with van der Waals surface area (Å²) < 4.78 is 5.57. The fourth-order valence-electron chi connectivity index (χ4n) is 1.20. The molecule has 0 unspecified atom stereocenters. The van der Waals surface area contributed by atoms with Gasteiger partial charge in [0.05, 0.1) is 0 Å². The molecule has 0 radical (unpaired) electrons. The first-order valence-corrected chi connectivity index (χ1v) is 5.29. The van der Waals surface area contributed by atoms with Gasteiger partial charge in [0.1, 0.15) is 12.4 Å². The molecule has 0 spiro atoms. The van der Waals surface area contributed by atoms with E-state index in [4.69, 9.17) is 4.74 Å². The van der Waals surface area contributed by atoms with Gasteiger partial charge in [-0.05, 0) is 36.7 Å². The van der Waals surface area contributed by atoms with Crippen LogP contribution in [0.25, 0.3) is 0 Å². The van der Waals surface area contributed by atoms with Crippen LogP contribution in [0.2, 0.25) is 0 Å². The third-order valence-corrected chi connectivity index (χ3v) is 2.25. The molecule has 0 aliphatic rings. The second-order valence-electron chi connectivity index (χ2n) is 3.57.